The normalized spacial score (nSPS) is 21.5. The second-order valence-electron chi connectivity index (χ2n) is 6.57. The quantitative estimate of drug-likeness (QED) is 0.807. The van der Waals surface area contributed by atoms with Gasteiger partial charge in [-0.3, -0.25) is 4.79 Å². The third kappa shape index (κ3) is 3.87. The summed E-state index contributed by atoms with van der Waals surface area (Å²) in [5.74, 6) is 0.481. The summed E-state index contributed by atoms with van der Waals surface area (Å²) in [7, 11) is 0. The maximum Gasteiger partial charge on any atom is 0.338 e. The van der Waals surface area contributed by atoms with Crippen LogP contribution in [-0.2, 0) is 9.53 Å². The number of amides is 1. The van der Waals surface area contributed by atoms with Crippen molar-refractivity contribution in [3.8, 4) is 0 Å². The molecule has 1 heterocycles. The van der Waals surface area contributed by atoms with E-state index in [1.54, 1.807) is 6.07 Å². The molecule has 0 N–H and O–H groups in total. The summed E-state index contributed by atoms with van der Waals surface area (Å²) in [5.41, 5.74) is 2.48. The number of esters is 1. The van der Waals surface area contributed by atoms with E-state index in [-0.39, 0.29) is 12.5 Å². The summed E-state index contributed by atoms with van der Waals surface area (Å²) in [6.45, 7) is 9.48. The Bertz CT molecular complexity index is 557. The molecule has 4 heteroatoms. The molecule has 2 atom stereocenters. The Balaban J connectivity index is 1.93. The number of carbonyl (C=O) groups excluding carboxylic acids is 2. The molecular formula is C18H25NO3. The molecule has 0 aliphatic carbocycles. The molecule has 1 aromatic rings. The van der Waals surface area contributed by atoms with Crippen LogP contribution in [0.1, 0.15) is 41.8 Å². The van der Waals surface area contributed by atoms with Gasteiger partial charge in [-0.1, -0.05) is 26.0 Å². The molecule has 1 amide bonds. The molecule has 0 spiro atoms. The van der Waals surface area contributed by atoms with Crippen LogP contribution < -0.4 is 0 Å². The van der Waals surface area contributed by atoms with Crippen molar-refractivity contribution < 1.29 is 14.3 Å². The van der Waals surface area contributed by atoms with Gasteiger partial charge in [-0.2, -0.15) is 0 Å². The van der Waals surface area contributed by atoms with E-state index in [9.17, 15) is 9.59 Å². The molecule has 0 aromatic heterocycles. The lowest BCUT2D eigenvalue weighted by atomic mass is 9.92. The van der Waals surface area contributed by atoms with Crippen molar-refractivity contribution in [2.75, 3.05) is 19.7 Å². The smallest absolute Gasteiger partial charge is 0.338 e. The van der Waals surface area contributed by atoms with E-state index in [2.05, 4.69) is 13.8 Å². The number of hydrogen-bond donors (Lipinski definition) is 0. The molecule has 0 radical (unpaired) electrons. The van der Waals surface area contributed by atoms with Crippen molar-refractivity contribution in [1.82, 2.24) is 4.90 Å². The van der Waals surface area contributed by atoms with Crippen LogP contribution in [0.15, 0.2) is 18.2 Å². The summed E-state index contributed by atoms with van der Waals surface area (Å²) in [5, 5.41) is 0. The SMILES string of the molecule is Cc1cccc(C(=O)OCC(=O)N2C[C@H](C)C[C@H](C)C2)c1C. The average Bonchev–Trinajstić information content (AvgIpc) is 2.46. The molecule has 1 aromatic carbocycles. The maximum absolute atomic E-state index is 12.2. The molecule has 1 aliphatic rings. The summed E-state index contributed by atoms with van der Waals surface area (Å²) >= 11 is 0. The fraction of sp³-hybridized carbons (Fsp3) is 0.556. The zero-order valence-electron chi connectivity index (χ0n) is 13.9. The Morgan fingerprint density at radius 1 is 1.18 bits per heavy atom. The number of aryl methyl sites for hydroxylation is 1. The molecule has 0 bridgehead atoms. The number of benzene rings is 1. The topological polar surface area (TPSA) is 46.6 Å². The highest BCUT2D eigenvalue weighted by Gasteiger charge is 2.26. The van der Waals surface area contributed by atoms with Gasteiger partial charge in [0.05, 0.1) is 5.56 Å². The minimum Gasteiger partial charge on any atom is -0.452 e. The lowest BCUT2D eigenvalue weighted by Crippen LogP contribution is -2.44. The van der Waals surface area contributed by atoms with Crippen molar-refractivity contribution in [2.24, 2.45) is 11.8 Å². The molecule has 1 aliphatic heterocycles. The second-order valence-corrected chi connectivity index (χ2v) is 6.57. The lowest BCUT2D eigenvalue weighted by molar-refractivity contribution is -0.137. The molecule has 1 fully saturated rings. The van der Waals surface area contributed by atoms with Crippen molar-refractivity contribution in [3.05, 3.63) is 34.9 Å². The molecule has 1 saturated heterocycles. The zero-order chi connectivity index (χ0) is 16.3. The van der Waals surface area contributed by atoms with Crippen LogP contribution in [0.25, 0.3) is 0 Å². The minimum atomic E-state index is -0.423. The highest BCUT2D eigenvalue weighted by Crippen LogP contribution is 2.21. The molecular weight excluding hydrogens is 278 g/mol. The van der Waals surface area contributed by atoms with Crippen LogP contribution in [0.5, 0.6) is 0 Å². The first-order valence-corrected chi connectivity index (χ1v) is 7.89. The number of hydrogen-bond acceptors (Lipinski definition) is 3. The van der Waals surface area contributed by atoms with Crippen LogP contribution in [0.4, 0.5) is 0 Å². The Hall–Kier alpha value is -1.84. The molecule has 4 nitrogen and oxygen atoms in total. The molecule has 22 heavy (non-hydrogen) atoms. The standard InChI is InChI=1S/C18H25NO3/c1-12-8-13(2)10-19(9-12)17(20)11-22-18(21)16-7-5-6-14(3)15(16)4/h5-7,12-13H,8-11H2,1-4H3/t12-,13+. The van der Waals surface area contributed by atoms with Crippen LogP contribution in [0.2, 0.25) is 0 Å². The third-order valence-electron chi connectivity index (χ3n) is 4.37. The monoisotopic (exact) mass is 303 g/mol. The van der Waals surface area contributed by atoms with Gasteiger partial charge >= 0.3 is 5.97 Å². The highest BCUT2D eigenvalue weighted by atomic mass is 16.5. The van der Waals surface area contributed by atoms with Gasteiger partial charge in [0.15, 0.2) is 6.61 Å². The Labute approximate surface area is 132 Å². The summed E-state index contributed by atoms with van der Waals surface area (Å²) in [6, 6.07) is 5.52. The van der Waals surface area contributed by atoms with E-state index in [1.807, 2.05) is 30.9 Å². The first-order valence-electron chi connectivity index (χ1n) is 7.89. The predicted molar refractivity (Wildman–Crippen MR) is 85.7 cm³/mol. The molecule has 0 saturated carbocycles. The van der Waals surface area contributed by atoms with Crippen molar-refractivity contribution in [1.29, 1.82) is 0 Å². The Morgan fingerprint density at radius 3 is 2.45 bits per heavy atom. The minimum absolute atomic E-state index is 0.0999. The first kappa shape index (κ1) is 16.5. The van der Waals surface area contributed by atoms with Crippen LogP contribution in [-0.4, -0.2) is 36.5 Å². The van der Waals surface area contributed by atoms with Gasteiger partial charge in [-0.25, -0.2) is 4.79 Å². The van der Waals surface area contributed by atoms with Gasteiger partial charge in [-0.05, 0) is 49.3 Å². The molecule has 2 rings (SSSR count). The van der Waals surface area contributed by atoms with E-state index < -0.39 is 5.97 Å². The molecule has 120 valence electrons. The van der Waals surface area contributed by atoms with Crippen molar-refractivity contribution in [3.63, 3.8) is 0 Å². The summed E-state index contributed by atoms with van der Waals surface area (Å²) < 4.78 is 5.22. The fourth-order valence-corrected chi connectivity index (χ4v) is 3.14. The van der Waals surface area contributed by atoms with E-state index in [4.69, 9.17) is 4.74 Å². The Morgan fingerprint density at radius 2 is 1.82 bits per heavy atom. The predicted octanol–water partition coefficient (Wildman–Crippen LogP) is 2.96. The Kier molecular flexibility index (Phi) is 5.22. The first-order chi connectivity index (χ1) is 10.4. The second kappa shape index (κ2) is 6.95. The number of carbonyl (C=O) groups is 2. The number of piperidine rings is 1. The van der Waals surface area contributed by atoms with Crippen molar-refractivity contribution in [2.45, 2.75) is 34.1 Å². The van der Waals surface area contributed by atoms with Crippen LogP contribution in [0.3, 0.4) is 0 Å². The largest absolute Gasteiger partial charge is 0.452 e. The van der Waals surface area contributed by atoms with Gasteiger partial charge in [0, 0.05) is 13.1 Å². The van der Waals surface area contributed by atoms with Gasteiger partial charge in [0.1, 0.15) is 0 Å². The van der Waals surface area contributed by atoms with E-state index >= 15 is 0 Å². The number of rotatable bonds is 3. The average molecular weight is 303 g/mol. The fourth-order valence-electron chi connectivity index (χ4n) is 3.14. The van der Waals surface area contributed by atoms with Gasteiger partial charge in [0.2, 0.25) is 0 Å². The van der Waals surface area contributed by atoms with Gasteiger partial charge in [-0.15, -0.1) is 0 Å². The summed E-state index contributed by atoms with van der Waals surface area (Å²) in [6.07, 6.45) is 1.14. The van der Waals surface area contributed by atoms with Crippen molar-refractivity contribution >= 4 is 11.9 Å². The third-order valence-corrected chi connectivity index (χ3v) is 4.37. The van der Waals surface area contributed by atoms with Crippen LogP contribution >= 0.6 is 0 Å². The van der Waals surface area contributed by atoms with Crippen LogP contribution in [0, 0.1) is 25.7 Å². The number of ether oxygens (including phenoxy) is 1. The molecule has 0 unspecified atom stereocenters. The number of nitrogens with zero attached hydrogens (tertiary/aromatic N) is 1. The maximum atomic E-state index is 12.2. The van der Waals surface area contributed by atoms with Gasteiger partial charge in [0.25, 0.3) is 5.91 Å². The van der Waals surface area contributed by atoms with Gasteiger partial charge < -0.3 is 9.64 Å². The zero-order valence-corrected chi connectivity index (χ0v) is 13.9. The highest BCUT2D eigenvalue weighted by molar-refractivity contribution is 5.93. The van der Waals surface area contributed by atoms with E-state index in [0.29, 0.717) is 17.4 Å². The number of likely N-dealkylation sites (tertiary alicyclic amines) is 1. The lowest BCUT2D eigenvalue weighted by Gasteiger charge is -2.34. The van der Waals surface area contributed by atoms with E-state index in [0.717, 1.165) is 30.6 Å². The van der Waals surface area contributed by atoms with E-state index in [1.165, 1.54) is 0 Å². The summed E-state index contributed by atoms with van der Waals surface area (Å²) in [4.78, 5) is 26.2.